The minimum Gasteiger partial charge on any atom is -0.382 e. The van der Waals surface area contributed by atoms with Gasteiger partial charge in [0.1, 0.15) is 11.3 Å². The van der Waals surface area contributed by atoms with E-state index in [9.17, 15) is 0 Å². The number of para-hydroxylation sites is 1. The number of nitrogens with zero attached hydrogens (tertiary/aromatic N) is 3. The molecule has 0 bridgehead atoms. The van der Waals surface area contributed by atoms with Gasteiger partial charge in [-0.05, 0) is 18.6 Å². The number of nitrogen functional groups attached to an aromatic ring is 1. The van der Waals surface area contributed by atoms with Crippen molar-refractivity contribution in [3.05, 3.63) is 72.1 Å². The third-order valence-corrected chi connectivity index (χ3v) is 4.58. The highest BCUT2D eigenvalue weighted by Gasteiger charge is 2.14. The number of anilines is 1. The van der Waals surface area contributed by atoms with Crippen LogP contribution in [-0.2, 0) is 11.3 Å². The van der Waals surface area contributed by atoms with Gasteiger partial charge in [-0.25, -0.2) is 9.97 Å². The summed E-state index contributed by atoms with van der Waals surface area (Å²) >= 11 is 0. The summed E-state index contributed by atoms with van der Waals surface area (Å²) in [4.78, 5) is 9.09. The number of rotatable bonds is 6. The molecule has 2 aromatic heterocycles. The van der Waals surface area contributed by atoms with Crippen LogP contribution in [0.2, 0.25) is 0 Å². The van der Waals surface area contributed by atoms with Crippen LogP contribution < -0.4 is 5.73 Å². The van der Waals surface area contributed by atoms with Gasteiger partial charge in [-0.2, -0.15) is 0 Å². The van der Waals surface area contributed by atoms with Crippen molar-refractivity contribution >= 4 is 33.8 Å². The molecule has 0 saturated carbocycles. The summed E-state index contributed by atoms with van der Waals surface area (Å²) in [7, 11) is 0. The third kappa shape index (κ3) is 3.55. The van der Waals surface area contributed by atoms with Crippen LogP contribution in [0.4, 0.5) is 5.82 Å². The van der Waals surface area contributed by atoms with Crippen molar-refractivity contribution in [2.75, 3.05) is 18.9 Å². The Labute approximate surface area is 158 Å². The van der Waals surface area contributed by atoms with Gasteiger partial charge in [-0.1, -0.05) is 60.7 Å². The number of nitrogens with two attached hydrogens (primary N) is 1. The van der Waals surface area contributed by atoms with E-state index in [0.29, 0.717) is 19.0 Å². The lowest BCUT2D eigenvalue weighted by atomic mass is 10.2. The molecule has 0 amide bonds. The van der Waals surface area contributed by atoms with Crippen LogP contribution in [0.1, 0.15) is 11.4 Å². The lowest BCUT2D eigenvalue weighted by Gasteiger charge is -2.09. The maximum absolute atomic E-state index is 6.13. The van der Waals surface area contributed by atoms with Crippen LogP contribution in [0.5, 0.6) is 0 Å². The van der Waals surface area contributed by atoms with Crippen molar-refractivity contribution in [2.24, 2.45) is 0 Å². The molecule has 2 aromatic carbocycles. The monoisotopic (exact) mass is 358 g/mol. The highest BCUT2D eigenvalue weighted by Crippen LogP contribution is 2.28. The van der Waals surface area contributed by atoms with Crippen molar-refractivity contribution in [3.8, 4) is 0 Å². The first-order valence-corrected chi connectivity index (χ1v) is 9.04. The van der Waals surface area contributed by atoms with Crippen molar-refractivity contribution in [3.63, 3.8) is 0 Å². The molecule has 136 valence electrons. The summed E-state index contributed by atoms with van der Waals surface area (Å²) in [5.74, 6) is 1.38. The summed E-state index contributed by atoms with van der Waals surface area (Å²) in [5, 5.41) is 1.06. The molecule has 5 heteroatoms. The van der Waals surface area contributed by atoms with Crippen LogP contribution in [0.25, 0.3) is 28.0 Å². The lowest BCUT2D eigenvalue weighted by molar-refractivity contribution is 0.154. The van der Waals surface area contributed by atoms with E-state index in [1.54, 1.807) is 0 Å². The van der Waals surface area contributed by atoms with E-state index in [1.165, 1.54) is 5.56 Å². The maximum atomic E-state index is 6.13. The number of aryl methyl sites for hydroxylation is 1. The molecule has 4 aromatic rings. The van der Waals surface area contributed by atoms with Gasteiger partial charge in [0.25, 0.3) is 0 Å². The van der Waals surface area contributed by atoms with Crippen molar-refractivity contribution in [1.82, 2.24) is 14.5 Å². The summed E-state index contributed by atoms with van der Waals surface area (Å²) < 4.78 is 7.96. The Morgan fingerprint density at radius 1 is 1.04 bits per heavy atom. The maximum Gasteiger partial charge on any atom is 0.152 e. The predicted octanol–water partition coefficient (Wildman–Crippen LogP) is 4.21. The molecular formula is C22H22N4O. The molecule has 0 atom stereocenters. The van der Waals surface area contributed by atoms with E-state index >= 15 is 0 Å². The predicted molar refractivity (Wildman–Crippen MR) is 110 cm³/mol. The molecule has 0 spiro atoms. The molecule has 0 unspecified atom stereocenters. The number of benzene rings is 2. The fourth-order valence-electron chi connectivity index (χ4n) is 3.30. The topological polar surface area (TPSA) is 66.0 Å². The molecule has 0 aliphatic rings. The molecule has 0 radical (unpaired) electrons. The second-order valence-corrected chi connectivity index (χ2v) is 6.41. The van der Waals surface area contributed by atoms with Gasteiger partial charge in [-0.3, -0.25) is 0 Å². The second kappa shape index (κ2) is 7.60. The van der Waals surface area contributed by atoms with Gasteiger partial charge in [-0.15, -0.1) is 0 Å². The normalized spacial score (nSPS) is 11.7. The minimum absolute atomic E-state index is 0.470. The number of fused-ring (bicyclic) bond motifs is 3. The largest absolute Gasteiger partial charge is 0.382 e. The fourth-order valence-corrected chi connectivity index (χ4v) is 3.30. The zero-order valence-electron chi connectivity index (χ0n) is 15.3. The van der Waals surface area contributed by atoms with Gasteiger partial charge in [0.15, 0.2) is 5.82 Å². The van der Waals surface area contributed by atoms with Gasteiger partial charge in [0, 0.05) is 11.9 Å². The molecule has 0 aliphatic heterocycles. The van der Waals surface area contributed by atoms with E-state index in [2.05, 4.69) is 38.8 Å². The highest BCUT2D eigenvalue weighted by molar-refractivity contribution is 6.06. The SMILES string of the molecule is Cc1nc2c(N)nc3ccccc3c2n1CCOC/C=C/c1ccccc1. The van der Waals surface area contributed by atoms with Crippen LogP contribution in [0.3, 0.4) is 0 Å². The van der Waals surface area contributed by atoms with Crippen molar-refractivity contribution in [1.29, 1.82) is 0 Å². The Bertz CT molecular complexity index is 1100. The van der Waals surface area contributed by atoms with Gasteiger partial charge < -0.3 is 15.0 Å². The molecule has 2 heterocycles. The lowest BCUT2D eigenvalue weighted by Crippen LogP contribution is -2.08. The van der Waals surface area contributed by atoms with E-state index in [-0.39, 0.29) is 0 Å². The summed E-state index contributed by atoms with van der Waals surface area (Å²) in [5.41, 5.74) is 9.97. The molecular weight excluding hydrogens is 336 g/mol. The third-order valence-electron chi connectivity index (χ3n) is 4.58. The van der Waals surface area contributed by atoms with E-state index < -0.39 is 0 Å². The number of pyridine rings is 1. The van der Waals surface area contributed by atoms with Crippen molar-refractivity contribution < 1.29 is 4.74 Å². The molecule has 5 nitrogen and oxygen atoms in total. The quantitative estimate of drug-likeness (QED) is 0.525. The second-order valence-electron chi connectivity index (χ2n) is 6.41. The first-order valence-electron chi connectivity index (χ1n) is 9.04. The number of aromatic nitrogens is 3. The van der Waals surface area contributed by atoms with Crippen LogP contribution in [-0.4, -0.2) is 27.7 Å². The zero-order chi connectivity index (χ0) is 18.6. The Morgan fingerprint density at radius 2 is 1.81 bits per heavy atom. The summed E-state index contributed by atoms with van der Waals surface area (Å²) in [6, 6.07) is 18.2. The van der Waals surface area contributed by atoms with E-state index in [4.69, 9.17) is 10.5 Å². The standard InChI is InChI=1S/C22H22N4O/c1-16-24-20-21(18-11-5-6-12-19(18)25-22(20)23)26(16)13-15-27-14-7-10-17-8-3-2-4-9-17/h2-12H,13-15H2,1H3,(H2,23,25)/b10-7+. The zero-order valence-corrected chi connectivity index (χ0v) is 15.3. The number of hydrogen-bond acceptors (Lipinski definition) is 4. The molecule has 0 fully saturated rings. The van der Waals surface area contributed by atoms with E-state index in [0.717, 1.165) is 34.3 Å². The van der Waals surface area contributed by atoms with Crippen LogP contribution in [0.15, 0.2) is 60.7 Å². The highest BCUT2D eigenvalue weighted by atomic mass is 16.5. The fraction of sp³-hybridized carbons (Fsp3) is 0.182. The smallest absolute Gasteiger partial charge is 0.152 e. The molecule has 0 aliphatic carbocycles. The summed E-state index contributed by atoms with van der Waals surface area (Å²) in [6.45, 7) is 3.88. The average Bonchev–Trinajstić information content (AvgIpc) is 3.03. The molecule has 4 rings (SSSR count). The first-order chi connectivity index (χ1) is 13.2. The minimum atomic E-state index is 0.470. The Balaban J connectivity index is 1.49. The molecule has 2 N–H and O–H groups in total. The van der Waals surface area contributed by atoms with Crippen molar-refractivity contribution in [2.45, 2.75) is 13.5 Å². The number of hydrogen-bond donors (Lipinski definition) is 1. The van der Waals surface area contributed by atoms with E-state index in [1.807, 2.05) is 49.4 Å². The van der Waals surface area contributed by atoms with Gasteiger partial charge >= 0.3 is 0 Å². The Kier molecular flexibility index (Phi) is 4.85. The number of ether oxygens (including phenoxy) is 1. The van der Waals surface area contributed by atoms with Gasteiger partial charge in [0.05, 0.1) is 24.2 Å². The van der Waals surface area contributed by atoms with Crippen LogP contribution >= 0.6 is 0 Å². The molecule has 0 saturated heterocycles. The average molecular weight is 358 g/mol. The van der Waals surface area contributed by atoms with Gasteiger partial charge in [0.2, 0.25) is 0 Å². The van der Waals surface area contributed by atoms with Crippen LogP contribution in [0, 0.1) is 6.92 Å². The summed E-state index contributed by atoms with van der Waals surface area (Å²) in [6.07, 6.45) is 4.10. The number of imidazole rings is 1. The Hall–Kier alpha value is -3.18. The Morgan fingerprint density at radius 3 is 2.67 bits per heavy atom. The molecule has 27 heavy (non-hydrogen) atoms. The first kappa shape index (κ1) is 17.2.